The van der Waals surface area contributed by atoms with Crippen LogP contribution in [0.2, 0.25) is 0 Å². The second-order valence-corrected chi connectivity index (χ2v) is 8.94. The lowest BCUT2D eigenvalue weighted by atomic mass is 9.87. The maximum Gasteiger partial charge on any atom is 0.223 e. The molecular weight excluding hydrogens is 374 g/mol. The minimum Gasteiger partial charge on any atom is -0.491 e. The van der Waals surface area contributed by atoms with E-state index < -0.39 is 0 Å². The fourth-order valence-electron chi connectivity index (χ4n) is 4.30. The molecule has 5 heteroatoms. The first-order chi connectivity index (χ1) is 14.6. The molecule has 2 aliphatic rings. The third-order valence-electron chi connectivity index (χ3n) is 6.03. The van der Waals surface area contributed by atoms with Crippen LogP contribution in [0.25, 0.3) is 0 Å². The SMILES string of the molecule is CC(C)Oc1cccc(CN2CCC([C@H](NC(=O)C3CC3)c3ccccn3)CC2)c1. The third kappa shape index (κ3) is 5.60. The highest BCUT2D eigenvalue weighted by atomic mass is 16.5. The third-order valence-corrected chi connectivity index (χ3v) is 6.03. The minimum absolute atomic E-state index is 0.0178. The van der Waals surface area contributed by atoms with Crippen LogP contribution in [-0.2, 0) is 11.3 Å². The van der Waals surface area contributed by atoms with Gasteiger partial charge in [0.2, 0.25) is 5.91 Å². The molecule has 1 aromatic carbocycles. The van der Waals surface area contributed by atoms with Gasteiger partial charge in [-0.15, -0.1) is 0 Å². The molecule has 0 unspecified atom stereocenters. The van der Waals surface area contributed by atoms with Gasteiger partial charge in [0.1, 0.15) is 5.75 Å². The molecule has 1 aliphatic carbocycles. The number of pyridine rings is 1. The predicted molar refractivity (Wildman–Crippen MR) is 118 cm³/mol. The molecule has 1 saturated carbocycles. The molecule has 4 rings (SSSR count). The zero-order valence-corrected chi connectivity index (χ0v) is 18.1. The second kappa shape index (κ2) is 9.61. The maximum atomic E-state index is 12.5. The number of piperidine rings is 1. The van der Waals surface area contributed by atoms with Crippen LogP contribution in [0.3, 0.4) is 0 Å². The molecule has 2 heterocycles. The fourth-order valence-corrected chi connectivity index (χ4v) is 4.30. The zero-order valence-electron chi connectivity index (χ0n) is 18.1. The normalized spacial score (nSPS) is 18.9. The molecule has 2 aromatic rings. The van der Waals surface area contributed by atoms with Gasteiger partial charge >= 0.3 is 0 Å². The van der Waals surface area contributed by atoms with Crippen molar-refractivity contribution in [2.75, 3.05) is 13.1 Å². The molecule has 160 valence electrons. The van der Waals surface area contributed by atoms with Gasteiger partial charge in [0.15, 0.2) is 0 Å². The van der Waals surface area contributed by atoms with Gasteiger partial charge in [-0.1, -0.05) is 18.2 Å². The molecule has 5 nitrogen and oxygen atoms in total. The monoisotopic (exact) mass is 407 g/mol. The summed E-state index contributed by atoms with van der Waals surface area (Å²) in [5, 5.41) is 3.32. The van der Waals surface area contributed by atoms with Crippen LogP contribution in [0.1, 0.15) is 56.8 Å². The largest absolute Gasteiger partial charge is 0.491 e. The summed E-state index contributed by atoms with van der Waals surface area (Å²) in [6.45, 7) is 7.10. The lowest BCUT2D eigenvalue weighted by molar-refractivity contribution is -0.123. The van der Waals surface area contributed by atoms with Crippen LogP contribution >= 0.6 is 0 Å². The van der Waals surface area contributed by atoms with E-state index in [1.54, 1.807) is 0 Å². The Morgan fingerprint density at radius 1 is 1.13 bits per heavy atom. The van der Waals surface area contributed by atoms with Crippen LogP contribution in [0.4, 0.5) is 0 Å². The number of ether oxygens (including phenoxy) is 1. The molecule has 1 aromatic heterocycles. The van der Waals surface area contributed by atoms with Gasteiger partial charge in [-0.3, -0.25) is 14.7 Å². The van der Waals surface area contributed by atoms with Crippen LogP contribution in [0.15, 0.2) is 48.7 Å². The highest BCUT2D eigenvalue weighted by molar-refractivity contribution is 5.81. The van der Waals surface area contributed by atoms with Gasteiger partial charge in [0.05, 0.1) is 17.8 Å². The minimum atomic E-state index is 0.0178. The molecular formula is C25H33N3O2. The molecule has 1 amide bonds. The smallest absolute Gasteiger partial charge is 0.223 e. The van der Waals surface area contributed by atoms with Gasteiger partial charge in [-0.05, 0) is 88.4 Å². The number of hydrogen-bond acceptors (Lipinski definition) is 4. The van der Waals surface area contributed by atoms with E-state index in [1.165, 1.54) is 5.56 Å². The summed E-state index contributed by atoms with van der Waals surface area (Å²) in [5.74, 6) is 1.79. The Morgan fingerprint density at radius 2 is 1.93 bits per heavy atom. The quantitative estimate of drug-likeness (QED) is 0.707. The number of likely N-dealkylation sites (tertiary alicyclic amines) is 1. The van der Waals surface area contributed by atoms with Crippen LogP contribution < -0.4 is 10.1 Å². The first kappa shape index (κ1) is 20.9. The molecule has 0 bridgehead atoms. The van der Waals surface area contributed by atoms with E-state index in [-0.39, 0.29) is 24.0 Å². The van der Waals surface area contributed by atoms with Gasteiger partial charge in [-0.25, -0.2) is 0 Å². The Kier molecular flexibility index (Phi) is 6.68. The predicted octanol–water partition coefficient (Wildman–Crippen LogP) is 4.35. The van der Waals surface area contributed by atoms with Crippen molar-refractivity contribution in [2.45, 2.75) is 58.2 Å². The number of nitrogens with one attached hydrogen (secondary N) is 1. The van der Waals surface area contributed by atoms with Crippen molar-refractivity contribution in [3.05, 3.63) is 59.9 Å². The molecule has 1 N–H and O–H groups in total. The van der Waals surface area contributed by atoms with Crippen molar-refractivity contribution >= 4 is 5.91 Å². The lowest BCUT2D eigenvalue weighted by Crippen LogP contribution is -2.41. The molecule has 1 saturated heterocycles. The number of aromatic nitrogens is 1. The number of rotatable bonds is 8. The van der Waals surface area contributed by atoms with Crippen molar-refractivity contribution < 1.29 is 9.53 Å². The summed E-state index contributed by atoms with van der Waals surface area (Å²) in [5.41, 5.74) is 2.28. The van der Waals surface area contributed by atoms with E-state index in [0.717, 1.165) is 56.8 Å². The van der Waals surface area contributed by atoms with Crippen LogP contribution in [-0.4, -0.2) is 35.0 Å². The molecule has 30 heavy (non-hydrogen) atoms. The summed E-state index contributed by atoms with van der Waals surface area (Å²) < 4.78 is 5.84. The molecule has 0 radical (unpaired) electrons. The van der Waals surface area contributed by atoms with E-state index in [4.69, 9.17) is 4.74 Å². The van der Waals surface area contributed by atoms with E-state index in [0.29, 0.717) is 5.92 Å². The Labute approximate surface area is 179 Å². The molecule has 1 atom stereocenters. The number of carbonyl (C=O) groups excluding carboxylic acids is 1. The van der Waals surface area contributed by atoms with Crippen molar-refractivity contribution in [2.24, 2.45) is 11.8 Å². The summed E-state index contributed by atoms with van der Waals surface area (Å²) in [4.78, 5) is 19.6. The van der Waals surface area contributed by atoms with Crippen molar-refractivity contribution in [1.29, 1.82) is 0 Å². The lowest BCUT2D eigenvalue weighted by Gasteiger charge is -2.36. The number of hydrogen-bond donors (Lipinski definition) is 1. The Morgan fingerprint density at radius 3 is 2.60 bits per heavy atom. The second-order valence-electron chi connectivity index (χ2n) is 8.94. The summed E-state index contributed by atoms with van der Waals surface area (Å²) >= 11 is 0. The first-order valence-corrected chi connectivity index (χ1v) is 11.3. The number of amides is 1. The highest BCUT2D eigenvalue weighted by Crippen LogP contribution is 2.34. The van der Waals surface area contributed by atoms with Gasteiger partial charge < -0.3 is 10.1 Å². The average Bonchev–Trinajstić information content (AvgIpc) is 3.59. The van der Waals surface area contributed by atoms with Crippen molar-refractivity contribution in [3.63, 3.8) is 0 Å². The Hall–Kier alpha value is -2.40. The number of benzene rings is 1. The Bertz CT molecular complexity index is 827. The summed E-state index contributed by atoms with van der Waals surface area (Å²) in [6.07, 6.45) is 6.19. The van der Waals surface area contributed by atoms with Gasteiger partial charge in [0, 0.05) is 18.7 Å². The van der Waals surface area contributed by atoms with E-state index in [2.05, 4.69) is 47.2 Å². The molecule has 2 fully saturated rings. The maximum absolute atomic E-state index is 12.5. The zero-order chi connectivity index (χ0) is 20.9. The van der Waals surface area contributed by atoms with E-state index in [1.807, 2.05) is 30.5 Å². The van der Waals surface area contributed by atoms with Crippen LogP contribution in [0, 0.1) is 11.8 Å². The Balaban J connectivity index is 1.36. The van der Waals surface area contributed by atoms with E-state index in [9.17, 15) is 4.79 Å². The van der Waals surface area contributed by atoms with Crippen molar-refractivity contribution in [1.82, 2.24) is 15.2 Å². The van der Waals surface area contributed by atoms with Gasteiger partial charge in [0.25, 0.3) is 0 Å². The van der Waals surface area contributed by atoms with E-state index >= 15 is 0 Å². The van der Waals surface area contributed by atoms with Crippen LogP contribution in [0.5, 0.6) is 5.75 Å². The molecule has 1 aliphatic heterocycles. The fraction of sp³-hybridized carbons (Fsp3) is 0.520. The van der Waals surface area contributed by atoms with Gasteiger partial charge in [-0.2, -0.15) is 0 Å². The number of carbonyl (C=O) groups is 1. The standard InChI is InChI=1S/C25H33N3O2/c1-18(2)30-22-7-5-6-19(16-22)17-28-14-11-20(12-15-28)24(23-8-3-4-13-26-23)27-25(29)21-9-10-21/h3-8,13,16,18,20-21,24H,9-12,14-15,17H2,1-2H3,(H,27,29)/t24-/m0/s1. The average molecular weight is 408 g/mol. The number of nitrogens with zero attached hydrogens (tertiary/aromatic N) is 2. The summed E-state index contributed by atoms with van der Waals surface area (Å²) in [6, 6.07) is 14.4. The molecule has 0 spiro atoms. The highest BCUT2D eigenvalue weighted by Gasteiger charge is 2.35. The summed E-state index contributed by atoms with van der Waals surface area (Å²) in [7, 11) is 0. The van der Waals surface area contributed by atoms with Crippen molar-refractivity contribution in [3.8, 4) is 5.75 Å². The topological polar surface area (TPSA) is 54.5 Å². The first-order valence-electron chi connectivity index (χ1n) is 11.3.